The highest BCUT2D eigenvalue weighted by Crippen LogP contribution is 2.36. The molecule has 2 aliphatic rings. The van der Waals surface area contributed by atoms with E-state index < -0.39 is 17.6 Å². The highest BCUT2D eigenvalue weighted by Gasteiger charge is 2.40. The van der Waals surface area contributed by atoms with Crippen molar-refractivity contribution in [3.05, 3.63) is 69.0 Å². The van der Waals surface area contributed by atoms with Crippen LogP contribution in [0, 0.1) is 5.82 Å². The maximum absolute atomic E-state index is 14.2. The fourth-order valence-electron chi connectivity index (χ4n) is 5.50. The molecule has 0 radical (unpaired) electrons. The van der Waals surface area contributed by atoms with Crippen molar-refractivity contribution in [2.75, 3.05) is 39.8 Å². The summed E-state index contributed by atoms with van der Waals surface area (Å²) < 4.78 is 59.0. The molecule has 38 heavy (non-hydrogen) atoms. The Morgan fingerprint density at radius 2 is 1.71 bits per heavy atom. The van der Waals surface area contributed by atoms with Crippen molar-refractivity contribution in [2.45, 2.75) is 50.7 Å². The second kappa shape index (κ2) is 11.7. The number of rotatable bonds is 6. The molecule has 1 amide bonds. The average Bonchev–Trinajstić information content (AvgIpc) is 3.25. The third-order valence-corrected chi connectivity index (χ3v) is 7.94. The molecule has 4 atom stereocenters. The first-order valence-electron chi connectivity index (χ1n) is 12.5. The molecule has 11 heteroatoms. The molecule has 2 unspecified atom stereocenters. The summed E-state index contributed by atoms with van der Waals surface area (Å²) in [5.74, 6) is -1.44. The molecule has 2 aliphatic heterocycles. The SMILES string of the molecule is CC1CN(CC(=O)N2C[C@H](c3ccc(Cl)c(Cl)c3)[C@H](N(C)Cc3ccc(C(F)(F)F)c(F)c3)C2)CC(C)O1. The van der Waals surface area contributed by atoms with E-state index in [1.807, 2.05) is 36.8 Å². The monoisotopic (exact) mass is 575 g/mol. The minimum absolute atomic E-state index is 0.00663. The summed E-state index contributed by atoms with van der Waals surface area (Å²) in [6.07, 6.45) is -4.68. The van der Waals surface area contributed by atoms with Crippen LogP contribution in [0.25, 0.3) is 0 Å². The maximum Gasteiger partial charge on any atom is 0.419 e. The summed E-state index contributed by atoms with van der Waals surface area (Å²) in [5, 5.41) is 0.818. The molecule has 2 aromatic carbocycles. The van der Waals surface area contributed by atoms with Gasteiger partial charge >= 0.3 is 6.18 Å². The van der Waals surface area contributed by atoms with Gasteiger partial charge in [-0.15, -0.1) is 0 Å². The zero-order valence-electron chi connectivity index (χ0n) is 21.4. The van der Waals surface area contributed by atoms with Crippen LogP contribution in [-0.2, 0) is 22.3 Å². The zero-order valence-corrected chi connectivity index (χ0v) is 23.0. The van der Waals surface area contributed by atoms with Gasteiger partial charge in [0.1, 0.15) is 5.82 Å². The Bertz CT molecular complexity index is 1160. The topological polar surface area (TPSA) is 36.0 Å². The first-order chi connectivity index (χ1) is 17.8. The number of ether oxygens (including phenoxy) is 1. The van der Waals surface area contributed by atoms with Crippen molar-refractivity contribution in [3.63, 3.8) is 0 Å². The number of hydrogen-bond acceptors (Lipinski definition) is 4. The molecular weight excluding hydrogens is 545 g/mol. The number of alkyl halides is 3. The van der Waals surface area contributed by atoms with E-state index in [0.29, 0.717) is 41.8 Å². The Hall–Kier alpha value is -1.91. The summed E-state index contributed by atoms with van der Waals surface area (Å²) in [4.78, 5) is 19.2. The molecule has 2 fully saturated rings. The van der Waals surface area contributed by atoms with Crippen molar-refractivity contribution in [1.29, 1.82) is 0 Å². The van der Waals surface area contributed by atoms with Gasteiger partial charge in [-0.2, -0.15) is 13.2 Å². The normalized spacial score (nSPS) is 24.8. The molecule has 0 bridgehead atoms. The van der Waals surface area contributed by atoms with E-state index in [0.717, 1.165) is 17.7 Å². The van der Waals surface area contributed by atoms with Gasteiger partial charge in [-0.05, 0) is 56.3 Å². The average molecular weight is 576 g/mol. The van der Waals surface area contributed by atoms with Crippen LogP contribution in [0.3, 0.4) is 0 Å². The Kier molecular flexibility index (Phi) is 8.94. The molecule has 0 spiro atoms. The zero-order chi connectivity index (χ0) is 27.8. The predicted molar refractivity (Wildman–Crippen MR) is 139 cm³/mol. The maximum atomic E-state index is 14.2. The second-order valence-corrected chi connectivity index (χ2v) is 11.1. The van der Waals surface area contributed by atoms with Gasteiger partial charge in [-0.1, -0.05) is 35.3 Å². The molecule has 0 saturated carbocycles. The van der Waals surface area contributed by atoms with Gasteiger partial charge < -0.3 is 9.64 Å². The molecular formula is C27H31Cl2F4N3O2. The number of likely N-dealkylation sites (tertiary alicyclic amines) is 1. The lowest BCUT2D eigenvalue weighted by Crippen LogP contribution is -2.49. The van der Waals surface area contributed by atoms with E-state index >= 15 is 0 Å². The van der Waals surface area contributed by atoms with Crippen LogP contribution >= 0.6 is 23.2 Å². The molecule has 2 aromatic rings. The third-order valence-electron chi connectivity index (χ3n) is 7.20. The van der Waals surface area contributed by atoms with E-state index in [2.05, 4.69) is 4.90 Å². The molecule has 0 N–H and O–H groups in total. The second-order valence-electron chi connectivity index (χ2n) is 10.3. The van der Waals surface area contributed by atoms with Gasteiger partial charge in [0.15, 0.2) is 0 Å². The number of morpholine rings is 1. The Labute approximate surface area is 230 Å². The van der Waals surface area contributed by atoms with Gasteiger partial charge in [-0.3, -0.25) is 14.6 Å². The highest BCUT2D eigenvalue weighted by molar-refractivity contribution is 6.42. The van der Waals surface area contributed by atoms with Gasteiger partial charge in [-0.25, -0.2) is 4.39 Å². The van der Waals surface area contributed by atoms with Gasteiger partial charge in [0, 0.05) is 44.7 Å². The van der Waals surface area contributed by atoms with Crippen LogP contribution in [0.2, 0.25) is 10.0 Å². The van der Waals surface area contributed by atoms with E-state index in [4.69, 9.17) is 27.9 Å². The van der Waals surface area contributed by atoms with E-state index in [9.17, 15) is 22.4 Å². The van der Waals surface area contributed by atoms with Crippen LogP contribution in [0.15, 0.2) is 36.4 Å². The van der Waals surface area contributed by atoms with Gasteiger partial charge in [0.05, 0.1) is 34.4 Å². The largest absolute Gasteiger partial charge is 0.419 e. The quantitative estimate of drug-likeness (QED) is 0.415. The van der Waals surface area contributed by atoms with E-state index in [1.165, 1.54) is 6.07 Å². The first-order valence-corrected chi connectivity index (χ1v) is 13.2. The standard InChI is InChI=1S/C27H31Cl2F4N3O2/c1-16-10-35(11-17(2)38-16)15-26(37)36-13-20(19-5-7-22(28)23(29)9-19)25(14-36)34(3)12-18-4-6-21(24(30)8-18)27(31,32)33/h4-9,16-17,20,25H,10-15H2,1-3H3/t16?,17?,20-,25-/m1/s1. The number of nitrogens with zero attached hydrogens (tertiary/aromatic N) is 3. The van der Waals surface area contributed by atoms with Crippen molar-refractivity contribution >= 4 is 29.1 Å². The molecule has 208 valence electrons. The summed E-state index contributed by atoms with van der Waals surface area (Å²) in [7, 11) is 1.82. The van der Waals surface area contributed by atoms with Crippen LogP contribution < -0.4 is 0 Å². The molecule has 0 aromatic heterocycles. The van der Waals surface area contributed by atoms with Crippen LogP contribution in [0.5, 0.6) is 0 Å². The molecule has 4 rings (SSSR count). The third kappa shape index (κ3) is 6.80. The molecule has 2 saturated heterocycles. The van der Waals surface area contributed by atoms with Crippen molar-refractivity contribution < 1.29 is 27.1 Å². The molecule has 2 heterocycles. The Morgan fingerprint density at radius 1 is 1.03 bits per heavy atom. The number of carbonyl (C=O) groups is 1. The smallest absolute Gasteiger partial charge is 0.373 e. The number of carbonyl (C=O) groups excluding carboxylic acids is 1. The molecule has 0 aliphatic carbocycles. The van der Waals surface area contributed by atoms with Crippen molar-refractivity contribution in [3.8, 4) is 0 Å². The van der Waals surface area contributed by atoms with E-state index in [1.54, 1.807) is 12.1 Å². The summed E-state index contributed by atoms with van der Waals surface area (Å²) in [5.41, 5.74) is 0.0210. The fraction of sp³-hybridized carbons (Fsp3) is 0.519. The Balaban J connectivity index is 1.53. The van der Waals surface area contributed by atoms with Crippen molar-refractivity contribution in [2.24, 2.45) is 0 Å². The van der Waals surface area contributed by atoms with Crippen LogP contribution in [0.4, 0.5) is 17.6 Å². The lowest BCUT2D eigenvalue weighted by molar-refractivity contribution is -0.140. The van der Waals surface area contributed by atoms with Gasteiger partial charge in [0.2, 0.25) is 5.91 Å². The van der Waals surface area contributed by atoms with Crippen LogP contribution in [0.1, 0.15) is 36.5 Å². The highest BCUT2D eigenvalue weighted by atomic mass is 35.5. The minimum atomic E-state index is -4.75. The number of benzene rings is 2. The number of hydrogen-bond donors (Lipinski definition) is 0. The Morgan fingerprint density at radius 3 is 2.32 bits per heavy atom. The minimum Gasteiger partial charge on any atom is -0.373 e. The van der Waals surface area contributed by atoms with Crippen LogP contribution in [-0.4, -0.2) is 78.6 Å². The number of amides is 1. The molecule has 5 nitrogen and oxygen atoms in total. The predicted octanol–water partition coefficient (Wildman–Crippen LogP) is 5.69. The van der Waals surface area contributed by atoms with Gasteiger partial charge in [0.25, 0.3) is 0 Å². The lowest BCUT2D eigenvalue weighted by Gasteiger charge is -2.35. The summed E-state index contributed by atoms with van der Waals surface area (Å²) in [6, 6.07) is 8.17. The summed E-state index contributed by atoms with van der Waals surface area (Å²) in [6.45, 7) is 6.65. The number of likely N-dealkylation sites (N-methyl/N-ethyl adjacent to an activating group) is 1. The fourth-order valence-corrected chi connectivity index (χ4v) is 5.81. The van der Waals surface area contributed by atoms with Crippen molar-refractivity contribution in [1.82, 2.24) is 14.7 Å². The van der Waals surface area contributed by atoms with E-state index in [-0.39, 0.29) is 43.2 Å². The first kappa shape index (κ1) is 29.1. The number of halogens is 6. The lowest BCUT2D eigenvalue weighted by atomic mass is 9.93. The summed E-state index contributed by atoms with van der Waals surface area (Å²) >= 11 is 12.4.